The Morgan fingerprint density at radius 2 is 2.13 bits per heavy atom. The van der Waals surface area contributed by atoms with Gasteiger partial charge in [-0.2, -0.15) is 0 Å². The van der Waals surface area contributed by atoms with Crippen LogP contribution in [0.1, 0.15) is 50.3 Å². The number of halogens is 1. The number of thiophene rings is 1. The fourth-order valence-corrected chi connectivity index (χ4v) is 2.15. The highest BCUT2D eigenvalue weighted by atomic mass is 32.1. The van der Waals surface area contributed by atoms with Gasteiger partial charge < -0.3 is 0 Å². The smallest absolute Gasteiger partial charge is 0.136 e. The number of hydrogen-bond acceptors (Lipinski definition) is 1. The van der Waals surface area contributed by atoms with Gasteiger partial charge in [0.2, 0.25) is 0 Å². The van der Waals surface area contributed by atoms with Gasteiger partial charge in [0.1, 0.15) is 5.83 Å². The van der Waals surface area contributed by atoms with Gasteiger partial charge in [-0.25, -0.2) is 4.39 Å². The first kappa shape index (κ1) is 12.4. The molecule has 0 aliphatic rings. The van der Waals surface area contributed by atoms with E-state index in [1.807, 2.05) is 17.5 Å². The van der Waals surface area contributed by atoms with Crippen LogP contribution in [0.2, 0.25) is 0 Å². The monoisotopic (exact) mass is 226 g/mol. The largest absolute Gasteiger partial charge is 0.206 e. The lowest BCUT2D eigenvalue weighted by atomic mass is 10.1. The van der Waals surface area contributed by atoms with Crippen molar-refractivity contribution in [2.24, 2.45) is 0 Å². The van der Waals surface area contributed by atoms with E-state index in [4.69, 9.17) is 0 Å². The summed E-state index contributed by atoms with van der Waals surface area (Å²) in [5.41, 5.74) is 0. The van der Waals surface area contributed by atoms with Crippen molar-refractivity contribution in [1.82, 2.24) is 0 Å². The summed E-state index contributed by atoms with van der Waals surface area (Å²) in [5, 5.41) is 1.91. The number of unbranched alkanes of at least 4 members (excludes halogenated alkanes) is 5. The van der Waals surface area contributed by atoms with Crippen molar-refractivity contribution in [3.05, 3.63) is 28.5 Å². The van der Waals surface area contributed by atoms with Crippen LogP contribution < -0.4 is 0 Å². The molecule has 0 bridgehead atoms. The summed E-state index contributed by atoms with van der Waals surface area (Å²) in [7, 11) is 0. The van der Waals surface area contributed by atoms with Crippen molar-refractivity contribution in [3.63, 3.8) is 0 Å². The van der Waals surface area contributed by atoms with E-state index in [0.29, 0.717) is 0 Å². The normalized spacial score (nSPS) is 12.0. The van der Waals surface area contributed by atoms with Gasteiger partial charge in [-0.3, -0.25) is 0 Å². The first-order chi connectivity index (χ1) is 7.34. The van der Waals surface area contributed by atoms with Crippen LogP contribution in [0.25, 0.3) is 5.83 Å². The van der Waals surface area contributed by atoms with E-state index >= 15 is 0 Å². The van der Waals surface area contributed by atoms with E-state index in [2.05, 4.69) is 6.92 Å². The Morgan fingerprint density at radius 3 is 2.80 bits per heavy atom. The SMILES string of the molecule is CCCCCCC/C=C(/F)c1cccs1. The molecule has 84 valence electrons. The highest BCUT2D eigenvalue weighted by Crippen LogP contribution is 2.22. The van der Waals surface area contributed by atoms with Gasteiger partial charge in [0.05, 0.1) is 4.88 Å². The van der Waals surface area contributed by atoms with Gasteiger partial charge in [0.15, 0.2) is 0 Å². The van der Waals surface area contributed by atoms with Crippen LogP contribution >= 0.6 is 11.3 Å². The maximum atomic E-state index is 13.4. The van der Waals surface area contributed by atoms with Crippen molar-refractivity contribution in [2.75, 3.05) is 0 Å². The summed E-state index contributed by atoms with van der Waals surface area (Å²) in [6, 6.07) is 3.71. The molecule has 0 aliphatic carbocycles. The van der Waals surface area contributed by atoms with E-state index in [9.17, 15) is 4.39 Å². The predicted molar refractivity (Wildman–Crippen MR) is 66.8 cm³/mol. The van der Waals surface area contributed by atoms with Crippen LogP contribution in [-0.2, 0) is 0 Å². The molecule has 0 unspecified atom stereocenters. The molecule has 0 saturated carbocycles. The minimum atomic E-state index is -0.0551. The molecular weight excluding hydrogens is 207 g/mol. The second kappa shape index (κ2) is 7.63. The third kappa shape index (κ3) is 5.12. The van der Waals surface area contributed by atoms with E-state index in [0.717, 1.165) is 17.7 Å². The summed E-state index contributed by atoms with van der Waals surface area (Å²) in [5.74, 6) is -0.0551. The molecule has 0 saturated heterocycles. The van der Waals surface area contributed by atoms with Crippen molar-refractivity contribution >= 4 is 17.2 Å². The van der Waals surface area contributed by atoms with Crippen molar-refractivity contribution in [1.29, 1.82) is 0 Å². The molecule has 2 heteroatoms. The van der Waals surface area contributed by atoms with Crippen LogP contribution in [0.15, 0.2) is 23.6 Å². The zero-order chi connectivity index (χ0) is 10.9. The fourth-order valence-electron chi connectivity index (χ4n) is 1.49. The average Bonchev–Trinajstić information content (AvgIpc) is 2.76. The Kier molecular flexibility index (Phi) is 6.33. The van der Waals surface area contributed by atoms with Crippen LogP contribution in [0.4, 0.5) is 4.39 Å². The molecule has 1 rings (SSSR count). The topological polar surface area (TPSA) is 0 Å². The van der Waals surface area contributed by atoms with Gasteiger partial charge in [-0.15, -0.1) is 11.3 Å². The van der Waals surface area contributed by atoms with Crippen LogP contribution in [0.3, 0.4) is 0 Å². The molecule has 1 aromatic heterocycles. The quantitative estimate of drug-likeness (QED) is 0.545. The zero-order valence-electron chi connectivity index (χ0n) is 9.34. The molecule has 0 nitrogen and oxygen atoms in total. The molecule has 0 N–H and O–H groups in total. The third-order valence-electron chi connectivity index (χ3n) is 2.39. The van der Waals surface area contributed by atoms with Gasteiger partial charge in [0, 0.05) is 0 Å². The average molecular weight is 226 g/mol. The molecule has 0 atom stereocenters. The molecule has 0 amide bonds. The van der Waals surface area contributed by atoms with E-state index in [1.54, 1.807) is 6.08 Å². The molecule has 0 radical (unpaired) electrons. The summed E-state index contributed by atoms with van der Waals surface area (Å²) < 4.78 is 13.4. The van der Waals surface area contributed by atoms with Crippen molar-refractivity contribution < 1.29 is 4.39 Å². The predicted octanol–water partition coefficient (Wildman–Crippen LogP) is 5.42. The van der Waals surface area contributed by atoms with Crippen LogP contribution in [0.5, 0.6) is 0 Å². The molecule has 1 heterocycles. The Morgan fingerprint density at radius 1 is 1.33 bits per heavy atom. The van der Waals surface area contributed by atoms with E-state index < -0.39 is 0 Å². The van der Waals surface area contributed by atoms with Crippen LogP contribution in [-0.4, -0.2) is 0 Å². The maximum absolute atomic E-state index is 13.4. The maximum Gasteiger partial charge on any atom is 0.136 e. The summed E-state index contributed by atoms with van der Waals surface area (Å²) >= 11 is 1.46. The minimum absolute atomic E-state index is 0.0551. The molecule has 0 spiro atoms. The zero-order valence-corrected chi connectivity index (χ0v) is 10.2. The second-order valence-electron chi connectivity index (χ2n) is 3.73. The van der Waals surface area contributed by atoms with Gasteiger partial charge in [0.25, 0.3) is 0 Å². The lowest BCUT2D eigenvalue weighted by molar-refractivity contribution is 0.635. The van der Waals surface area contributed by atoms with Gasteiger partial charge >= 0.3 is 0 Å². The Bertz CT molecular complexity index is 275. The summed E-state index contributed by atoms with van der Waals surface area (Å²) in [4.78, 5) is 0.753. The highest BCUT2D eigenvalue weighted by molar-refractivity contribution is 7.11. The van der Waals surface area contributed by atoms with E-state index in [1.165, 1.54) is 37.0 Å². The fraction of sp³-hybridized carbons (Fsp3) is 0.538. The van der Waals surface area contributed by atoms with Gasteiger partial charge in [-0.05, 0) is 30.4 Å². The summed E-state index contributed by atoms with van der Waals surface area (Å²) in [6.07, 6.45) is 8.77. The highest BCUT2D eigenvalue weighted by Gasteiger charge is 1.99. The molecule has 0 fully saturated rings. The first-order valence-corrected chi connectivity index (χ1v) is 6.62. The molecule has 15 heavy (non-hydrogen) atoms. The second-order valence-corrected chi connectivity index (χ2v) is 4.68. The summed E-state index contributed by atoms with van der Waals surface area (Å²) in [6.45, 7) is 2.20. The molecule has 0 aromatic carbocycles. The standard InChI is InChI=1S/C13H19FS/c1-2-3-4-5-6-7-9-12(14)13-10-8-11-15-13/h8-11H,2-7H2,1H3/b12-9+. The lowest BCUT2D eigenvalue weighted by Crippen LogP contribution is -1.77. The number of allylic oxidation sites excluding steroid dienone is 1. The number of rotatable bonds is 7. The Labute approximate surface area is 95.8 Å². The minimum Gasteiger partial charge on any atom is -0.206 e. The Balaban J connectivity index is 2.15. The van der Waals surface area contributed by atoms with Gasteiger partial charge in [-0.1, -0.05) is 38.7 Å². The van der Waals surface area contributed by atoms with E-state index in [-0.39, 0.29) is 5.83 Å². The van der Waals surface area contributed by atoms with Crippen LogP contribution in [0, 0.1) is 0 Å². The third-order valence-corrected chi connectivity index (χ3v) is 3.27. The molecular formula is C13H19FS. The molecule has 1 aromatic rings. The van der Waals surface area contributed by atoms with Crippen molar-refractivity contribution in [3.8, 4) is 0 Å². The Hall–Kier alpha value is -0.630. The first-order valence-electron chi connectivity index (χ1n) is 5.74. The number of hydrogen-bond donors (Lipinski definition) is 0. The lowest BCUT2D eigenvalue weighted by Gasteiger charge is -1.97. The van der Waals surface area contributed by atoms with Crippen molar-refractivity contribution in [2.45, 2.75) is 45.4 Å². The molecule has 0 aliphatic heterocycles.